The van der Waals surface area contributed by atoms with Gasteiger partial charge in [0.2, 0.25) is 0 Å². The van der Waals surface area contributed by atoms with E-state index in [1.165, 1.54) is 4.90 Å². The highest BCUT2D eigenvalue weighted by atomic mass is 16.6. The summed E-state index contributed by atoms with van der Waals surface area (Å²) in [5.74, 6) is -0.590. The quantitative estimate of drug-likeness (QED) is 0.430. The second-order valence-corrected chi connectivity index (χ2v) is 7.28. The summed E-state index contributed by atoms with van der Waals surface area (Å²) in [6, 6.07) is 14.3. The van der Waals surface area contributed by atoms with E-state index < -0.39 is 5.97 Å². The van der Waals surface area contributed by atoms with Crippen LogP contribution in [0.15, 0.2) is 57.7 Å². The summed E-state index contributed by atoms with van der Waals surface area (Å²) >= 11 is 0. The molecule has 1 amide bonds. The van der Waals surface area contributed by atoms with E-state index in [0.29, 0.717) is 17.9 Å². The molecule has 0 N–H and O–H groups in total. The molecule has 0 radical (unpaired) electrons. The summed E-state index contributed by atoms with van der Waals surface area (Å²) in [4.78, 5) is 38.1. The lowest BCUT2D eigenvalue weighted by molar-refractivity contribution is -0.149. The first-order valence-corrected chi connectivity index (χ1v) is 10.3. The van der Waals surface area contributed by atoms with Gasteiger partial charge in [-0.15, -0.1) is 0 Å². The number of nitrogens with zero attached hydrogens (tertiary/aromatic N) is 1. The Morgan fingerprint density at radius 3 is 2.58 bits per heavy atom. The molecule has 1 aromatic heterocycles. The molecule has 31 heavy (non-hydrogen) atoms. The van der Waals surface area contributed by atoms with Crippen molar-refractivity contribution in [2.24, 2.45) is 0 Å². The number of benzene rings is 2. The van der Waals surface area contributed by atoms with E-state index in [1.807, 2.05) is 43.3 Å². The number of para-hydroxylation sites is 1. The smallest absolute Gasteiger partial charge is 0.344 e. The van der Waals surface area contributed by atoms with Crippen molar-refractivity contribution in [1.29, 1.82) is 0 Å². The minimum atomic E-state index is -0.659. The summed E-state index contributed by atoms with van der Waals surface area (Å²) in [5.41, 5.74) is 2.66. The van der Waals surface area contributed by atoms with Crippen LogP contribution in [-0.4, -0.2) is 31.6 Å². The summed E-state index contributed by atoms with van der Waals surface area (Å²) in [7, 11) is 0. The number of carbonyl (C=O) groups is 2. The van der Waals surface area contributed by atoms with Crippen molar-refractivity contribution in [2.45, 2.75) is 26.2 Å². The lowest BCUT2D eigenvalue weighted by Gasteiger charge is -2.20. The van der Waals surface area contributed by atoms with Crippen molar-refractivity contribution in [3.8, 4) is 5.75 Å². The molecule has 0 atom stereocenters. The minimum absolute atomic E-state index is 0.311. The van der Waals surface area contributed by atoms with Crippen molar-refractivity contribution >= 4 is 28.5 Å². The maximum Gasteiger partial charge on any atom is 0.344 e. The molecule has 0 unspecified atom stereocenters. The molecule has 7 heteroatoms. The van der Waals surface area contributed by atoms with Gasteiger partial charge in [-0.2, -0.15) is 0 Å². The van der Waals surface area contributed by atoms with Crippen LogP contribution in [0.3, 0.4) is 0 Å². The Morgan fingerprint density at radius 1 is 1.03 bits per heavy atom. The van der Waals surface area contributed by atoms with E-state index in [9.17, 15) is 14.4 Å². The van der Waals surface area contributed by atoms with Gasteiger partial charge in [0.05, 0.1) is 0 Å². The summed E-state index contributed by atoms with van der Waals surface area (Å²) < 4.78 is 16.0. The third kappa shape index (κ3) is 4.45. The average Bonchev–Trinajstić information content (AvgIpc) is 3.28. The molecular weight excluding hydrogens is 398 g/mol. The number of carbonyl (C=O) groups excluding carboxylic acids is 2. The highest BCUT2D eigenvalue weighted by molar-refractivity contribution is 5.95. The van der Waals surface area contributed by atoms with Crippen molar-refractivity contribution in [3.63, 3.8) is 0 Å². The number of anilines is 1. The van der Waals surface area contributed by atoms with E-state index >= 15 is 0 Å². The van der Waals surface area contributed by atoms with Crippen LogP contribution in [0, 0.1) is 0 Å². The first-order chi connectivity index (χ1) is 15.1. The van der Waals surface area contributed by atoms with Crippen molar-refractivity contribution in [1.82, 2.24) is 0 Å². The van der Waals surface area contributed by atoms with Gasteiger partial charge in [0, 0.05) is 29.2 Å². The number of rotatable bonds is 7. The Labute approximate surface area is 179 Å². The van der Waals surface area contributed by atoms with Crippen molar-refractivity contribution in [3.05, 3.63) is 70.1 Å². The van der Waals surface area contributed by atoms with Crippen LogP contribution in [-0.2, 0) is 27.2 Å². The lowest BCUT2D eigenvalue weighted by atomic mass is 10.1. The molecule has 2 aromatic carbocycles. The van der Waals surface area contributed by atoms with E-state index in [2.05, 4.69) is 0 Å². The zero-order valence-corrected chi connectivity index (χ0v) is 17.3. The van der Waals surface area contributed by atoms with Crippen molar-refractivity contribution < 1.29 is 23.5 Å². The fraction of sp³-hybridized carbons (Fsp3) is 0.292. The van der Waals surface area contributed by atoms with Gasteiger partial charge >= 0.3 is 11.6 Å². The number of likely N-dealkylation sites (N-methyl/N-ethyl adjacent to an activating group) is 1. The maximum absolute atomic E-state index is 12.4. The molecule has 1 aliphatic rings. The van der Waals surface area contributed by atoms with Crippen LogP contribution in [0.1, 0.15) is 24.5 Å². The maximum atomic E-state index is 12.4. The zero-order chi connectivity index (χ0) is 21.8. The number of hydrogen-bond donors (Lipinski definition) is 0. The predicted octanol–water partition coefficient (Wildman–Crippen LogP) is 3.26. The first-order valence-electron chi connectivity index (χ1n) is 10.3. The number of esters is 1. The van der Waals surface area contributed by atoms with Crippen LogP contribution < -0.4 is 15.3 Å². The average molecular weight is 421 g/mol. The molecule has 160 valence electrons. The highest BCUT2D eigenvalue weighted by Gasteiger charge is 2.20. The van der Waals surface area contributed by atoms with Crippen LogP contribution in [0.5, 0.6) is 5.75 Å². The van der Waals surface area contributed by atoms with E-state index in [-0.39, 0.29) is 24.7 Å². The van der Waals surface area contributed by atoms with Crippen LogP contribution >= 0.6 is 0 Å². The van der Waals surface area contributed by atoms with E-state index in [1.54, 1.807) is 12.1 Å². The highest BCUT2D eigenvalue weighted by Crippen LogP contribution is 2.29. The molecule has 0 saturated heterocycles. The molecule has 3 aromatic rings. The number of aryl methyl sites for hydroxylation is 1. The SMILES string of the molecule is CCN(C(=O)COC(=O)COc1ccc2c3c(c(=O)oc2c1)CCC3)c1ccccc1. The van der Waals surface area contributed by atoms with E-state index in [4.69, 9.17) is 13.9 Å². The Hall–Kier alpha value is -3.61. The Bertz CT molecular complexity index is 1170. The number of fused-ring (bicyclic) bond motifs is 3. The van der Waals surface area contributed by atoms with Gasteiger partial charge in [0.15, 0.2) is 13.2 Å². The standard InChI is InChI=1S/C24H23NO6/c1-2-25(16-7-4-3-5-8-16)22(26)14-30-23(27)15-29-17-11-12-19-18-9-6-10-20(18)24(28)31-21(19)13-17/h3-5,7-8,11-13H,2,6,9-10,14-15H2,1H3. The fourth-order valence-corrected chi connectivity index (χ4v) is 3.87. The molecule has 7 nitrogen and oxygen atoms in total. The van der Waals surface area contributed by atoms with Crippen LogP contribution in [0.2, 0.25) is 0 Å². The predicted molar refractivity (Wildman–Crippen MR) is 115 cm³/mol. The number of hydrogen-bond acceptors (Lipinski definition) is 6. The van der Waals surface area contributed by atoms with Gasteiger partial charge in [0.25, 0.3) is 5.91 Å². The molecular formula is C24H23NO6. The Morgan fingerprint density at radius 2 is 1.81 bits per heavy atom. The van der Waals surface area contributed by atoms with Gasteiger partial charge in [-0.25, -0.2) is 9.59 Å². The Balaban J connectivity index is 1.34. The van der Waals surface area contributed by atoms with Crippen molar-refractivity contribution in [2.75, 3.05) is 24.7 Å². The third-order valence-electron chi connectivity index (χ3n) is 5.34. The zero-order valence-electron chi connectivity index (χ0n) is 17.3. The summed E-state index contributed by atoms with van der Waals surface area (Å²) in [5, 5.41) is 0.896. The Kier molecular flexibility index (Phi) is 6.02. The molecule has 0 saturated carbocycles. The third-order valence-corrected chi connectivity index (χ3v) is 5.34. The summed E-state index contributed by atoms with van der Waals surface area (Å²) in [6.45, 7) is 1.58. The largest absolute Gasteiger partial charge is 0.482 e. The first kappa shape index (κ1) is 20.7. The number of ether oxygens (including phenoxy) is 2. The van der Waals surface area contributed by atoms with Gasteiger partial charge in [0.1, 0.15) is 11.3 Å². The second kappa shape index (κ2) is 9.04. The van der Waals surface area contributed by atoms with Crippen LogP contribution in [0.4, 0.5) is 5.69 Å². The molecule has 1 aliphatic carbocycles. The number of amides is 1. The molecule has 0 bridgehead atoms. The monoisotopic (exact) mass is 421 g/mol. The molecule has 0 aliphatic heterocycles. The minimum Gasteiger partial charge on any atom is -0.482 e. The van der Waals surface area contributed by atoms with Gasteiger partial charge in [-0.3, -0.25) is 4.79 Å². The molecule has 1 heterocycles. The van der Waals surface area contributed by atoms with Gasteiger partial charge < -0.3 is 18.8 Å². The van der Waals surface area contributed by atoms with Gasteiger partial charge in [-0.05, 0) is 56.0 Å². The molecule has 0 spiro atoms. The molecule has 4 rings (SSSR count). The van der Waals surface area contributed by atoms with E-state index in [0.717, 1.165) is 41.5 Å². The normalized spacial score (nSPS) is 12.4. The lowest BCUT2D eigenvalue weighted by Crippen LogP contribution is -2.35. The second-order valence-electron chi connectivity index (χ2n) is 7.28. The fourth-order valence-electron chi connectivity index (χ4n) is 3.87. The van der Waals surface area contributed by atoms with Gasteiger partial charge in [-0.1, -0.05) is 18.2 Å². The molecule has 0 fully saturated rings. The van der Waals surface area contributed by atoms with Crippen LogP contribution in [0.25, 0.3) is 11.0 Å². The summed E-state index contributed by atoms with van der Waals surface area (Å²) in [6.07, 6.45) is 2.55. The topological polar surface area (TPSA) is 86.0 Å².